The Bertz CT molecular complexity index is 1040. The van der Waals surface area contributed by atoms with Gasteiger partial charge in [-0.1, -0.05) is 133 Å². The van der Waals surface area contributed by atoms with E-state index < -0.39 is 61.0 Å². The Balaban J connectivity index is -0.000000227. The number of aliphatic hydroxyl groups excluding tert-OH is 6. The van der Waals surface area contributed by atoms with Gasteiger partial charge in [-0.05, 0) is 64.2 Å². The maximum absolute atomic E-state index is 11.5. The summed E-state index contributed by atoms with van der Waals surface area (Å²) in [6.45, 7) is 19.1. The zero-order valence-electron chi connectivity index (χ0n) is 42.6. The fourth-order valence-corrected chi connectivity index (χ4v) is 6.17. The van der Waals surface area contributed by atoms with E-state index in [0.717, 1.165) is 128 Å². The molecule has 1 aliphatic rings. The normalized spacial score (nSPS) is 18.0. The lowest BCUT2D eigenvalue weighted by atomic mass is 10.00. The van der Waals surface area contributed by atoms with Crippen LogP contribution in [0, 0.1) is 29.6 Å². The summed E-state index contributed by atoms with van der Waals surface area (Å²) in [7, 11) is 0. The van der Waals surface area contributed by atoms with Gasteiger partial charge in [0.05, 0.1) is 49.4 Å². The Morgan fingerprint density at radius 1 is 0.500 bits per heavy atom. The standard InChI is InChI=1S/C11H22O4.4C8H16O2.C6H12O5/c1-3-5-6-9(4-2)11(14)15-8-10(13)7-12;4*1-3-5-6-7(4-2)8(9)10;7-1-3(8)6-5(10)4(9)2-11-6/h9-10,12-13H,3-8H2,1-2H3;4*7H,3-6H2,1-2H3,(H,9,10);3-10H,1-2H2/t;;;;;3-,4+,5-,6-/m.....1/s1. The first-order chi connectivity index (χ1) is 31.2. The molecule has 1 heterocycles. The molecule has 17 heteroatoms. The Kier molecular flexibility index (Phi) is 54.5. The molecule has 0 aromatic heterocycles. The van der Waals surface area contributed by atoms with E-state index in [1.807, 2.05) is 34.6 Å². The molecule has 1 rings (SSSR count). The molecule has 396 valence electrons. The van der Waals surface area contributed by atoms with Gasteiger partial charge >= 0.3 is 29.8 Å². The minimum absolute atomic E-state index is 0.00287. The molecule has 1 saturated heterocycles. The fourth-order valence-electron chi connectivity index (χ4n) is 6.17. The first-order valence-corrected chi connectivity index (χ1v) is 24.8. The minimum atomic E-state index is -1.12. The van der Waals surface area contributed by atoms with Crippen molar-refractivity contribution in [2.24, 2.45) is 29.6 Å². The predicted octanol–water partition coefficient (Wildman–Crippen LogP) is 7.71. The third-order valence-electron chi connectivity index (χ3n) is 11.1. The van der Waals surface area contributed by atoms with Gasteiger partial charge in [0.2, 0.25) is 0 Å². The Labute approximate surface area is 397 Å². The molecule has 17 nitrogen and oxygen atoms in total. The highest BCUT2D eigenvalue weighted by Gasteiger charge is 2.38. The number of aliphatic hydroxyl groups is 6. The summed E-state index contributed by atoms with van der Waals surface area (Å²) in [5.74, 6) is -3.35. The SMILES string of the molecule is CCCCC(CC)C(=O)O.CCCCC(CC)C(=O)O.CCCCC(CC)C(=O)O.CCCCC(CC)C(=O)O.CCCCC(CC)C(=O)OCC(O)CO.OC[C@@H](O)[C@H]1OC[C@H](O)[C@H]1O. The topological polar surface area (TPSA) is 306 Å². The van der Waals surface area contributed by atoms with Gasteiger partial charge in [0, 0.05) is 0 Å². The highest BCUT2D eigenvalue weighted by Crippen LogP contribution is 2.18. The predicted molar refractivity (Wildman–Crippen MR) is 256 cm³/mol. The number of carbonyl (C=O) groups is 5. The number of rotatable bonds is 30. The van der Waals surface area contributed by atoms with E-state index in [1.54, 1.807) is 0 Å². The third-order valence-corrected chi connectivity index (χ3v) is 11.1. The van der Waals surface area contributed by atoms with Crippen LogP contribution in [0.25, 0.3) is 0 Å². The Hall–Kier alpha value is -2.93. The lowest BCUT2D eigenvalue weighted by Crippen LogP contribution is -2.40. The minimum Gasteiger partial charge on any atom is -0.481 e. The van der Waals surface area contributed by atoms with Crippen LogP contribution in [0.3, 0.4) is 0 Å². The summed E-state index contributed by atoms with van der Waals surface area (Å²) < 4.78 is 9.72. The second-order valence-corrected chi connectivity index (χ2v) is 16.7. The quantitative estimate of drug-likeness (QED) is 0.0308. The molecule has 0 aromatic carbocycles. The van der Waals surface area contributed by atoms with Crippen molar-refractivity contribution in [3.8, 4) is 0 Å². The lowest BCUT2D eigenvalue weighted by Gasteiger charge is -2.18. The first-order valence-electron chi connectivity index (χ1n) is 24.8. The van der Waals surface area contributed by atoms with Crippen molar-refractivity contribution >= 4 is 29.8 Å². The van der Waals surface area contributed by atoms with Crippen molar-refractivity contribution in [3.63, 3.8) is 0 Å². The number of carboxylic acid groups (broad SMARTS) is 4. The lowest BCUT2D eigenvalue weighted by molar-refractivity contribution is -0.152. The van der Waals surface area contributed by atoms with Crippen molar-refractivity contribution in [1.29, 1.82) is 0 Å². The molecule has 0 saturated carbocycles. The molecular weight excluding hydrogens is 861 g/mol. The molecule has 1 fully saturated rings. The molecule has 6 unspecified atom stereocenters. The highest BCUT2D eigenvalue weighted by molar-refractivity contribution is 5.72. The molecule has 0 amide bonds. The van der Waals surface area contributed by atoms with Gasteiger partial charge in [-0.15, -0.1) is 0 Å². The smallest absolute Gasteiger partial charge is 0.309 e. The summed E-state index contributed by atoms with van der Waals surface area (Å²) in [4.78, 5) is 53.2. The number of carboxylic acids is 4. The van der Waals surface area contributed by atoms with Gasteiger partial charge in [-0.3, -0.25) is 24.0 Å². The van der Waals surface area contributed by atoms with Gasteiger partial charge in [0.1, 0.15) is 37.1 Å². The van der Waals surface area contributed by atoms with Gasteiger partial charge in [-0.2, -0.15) is 0 Å². The number of unbranched alkanes of at least 4 members (excludes halogenated alkanes) is 5. The molecule has 0 radical (unpaired) electrons. The van der Waals surface area contributed by atoms with Gasteiger partial charge in [0.25, 0.3) is 0 Å². The number of esters is 1. The molecule has 66 heavy (non-hydrogen) atoms. The molecular formula is C49H98O17. The average molecular weight is 959 g/mol. The van der Waals surface area contributed by atoms with Crippen molar-refractivity contribution in [3.05, 3.63) is 0 Å². The second-order valence-electron chi connectivity index (χ2n) is 16.7. The largest absolute Gasteiger partial charge is 0.481 e. The fraction of sp³-hybridized carbons (Fsp3) is 0.898. The summed E-state index contributed by atoms with van der Waals surface area (Å²) >= 11 is 0. The molecule has 1 aliphatic heterocycles. The first kappa shape index (κ1) is 72.1. The van der Waals surface area contributed by atoms with E-state index in [2.05, 4.69) is 34.6 Å². The monoisotopic (exact) mass is 959 g/mol. The maximum atomic E-state index is 11.5. The second kappa shape index (κ2) is 50.0. The summed E-state index contributed by atoms with van der Waals surface area (Å²) in [5, 5.41) is 87.5. The van der Waals surface area contributed by atoms with E-state index >= 15 is 0 Å². The molecule has 0 bridgehead atoms. The summed E-state index contributed by atoms with van der Waals surface area (Å²) in [6.07, 6.45) is 13.5. The number of carbonyl (C=O) groups excluding carboxylic acids is 1. The van der Waals surface area contributed by atoms with E-state index in [9.17, 15) is 24.0 Å². The van der Waals surface area contributed by atoms with Crippen molar-refractivity contribution in [2.75, 3.05) is 26.4 Å². The van der Waals surface area contributed by atoms with Crippen LogP contribution in [0.5, 0.6) is 0 Å². The molecule has 10 atom stereocenters. The van der Waals surface area contributed by atoms with Gasteiger partial charge in [-0.25, -0.2) is 0 Å². The van der Waals surface area contributed by atoms with Crippen LogP contribution in [0.15, 0.2) is 0 Å². The molecule has 0 aliphatic carbocycles. The van der Waals surface area contributed by atoms with Crippen LogP contribution in [-0.2, 0) is 33.4 Å². The molecule has 0 spiro atoms. The van der Waals surface area contributed by atoms with E-state index in [1.165, 1.54) is 0 Å². The number of aliphatic carboxylic acids is 4. The zero-order valence-corrected chi connectivity index (χ0v) is 42.6. The molecule has 10 N–H and O–H groups in total. The summed E-state index contributed by atoms with van der Waals surface area (Å²) in [6, 6.07) is 0. The van der Waals surface area contributed by atoms with Crippen LogP contribution in [0.1, 0.15) is 198 Å². The highest BCUT2D eigenvalue weighted by atomic mass is 16.5. The van der Waals surface area contributed by atoms with Crippen molar-refractivity contribution < 1.29 is 84.5 Å². The van der Waals surface area contributed by atoms with Gasteiger partial charge < -0.3 is 60.5 Å². The van der Waals surface area contributed by atoms with Crippen LogP contribution in [-0.4, -0.2) is 138 Å². The maximum Gasteiger partial charge on any atom is 0.309 e. The van der Waals surface area contributed by atoms with Crippen LogP contribution in [0.2, 0.25) is 0 Å². The average Bonchev–Trinajstić information content (AvgIpc) is 3.63. The Morgan fingerprint density at radius 3 is 0.985 bits per heavy atom. The zero-order chi connectivity index (χ0) is 52.0. The van der Waals surface area contributed by atoms with Crippen molar-refractivity contribution in [2.45, 2.75) is 228 Å². The third kappa shape index (κ3) is 41.3. The summed E-state index contributed by atoms with van der Waals surface area (Å²) in [5.41, 5.74) is 0. The van der Waals surface area contributed by atoms with Crippen LogP contribution >= 0.6 is 0 Å². The van der Waals surface area contributed by atoms with E-state index in [0.29, 0.717) is 0 Å². The number of ether oxygens (including phenoxy) is 2. The Morgan fingerprint density at radius 2 is 0.788 bits per heavy atom. The van der Waals surface area contributed by atoms with E-state index in [-0.39, 0.29) is 55.4 Å². The van der Waals surface area contributed by atoms with Crippen molar-refractivity contribution in [1.82, 2.24) is 0 Å². The van der Waals surface area contributed by atoms with Crippen LogP contribution in [0.4, 0.5) is 0 Å². The van der Waals surface area contributed by atoms with Gasteiger partial charge in [0.15, 0.2) is 0 Å². The van der Waals surface area contributed by atoms with Crippen LogP contribution < -0.4 is 0 Å². The van der Waals surface area contributed by atoms with E-state index in [4.69, 9.17) is 60.5 Å². The number of hydrogen-bond acceptors (Lipinski definition) is 13. The molecule has 0 aromatic rings. The number of hydrogen-bond donors (Lipinski definition) is 10.